The molecule has 166 valence electrons. The number of rotatable bonds is 5. The van der Waals surface area contributed by atoms with Gasteiger partial charge in [-0.3, -0.25) is 24.1 Å². The number of fused-ring (bicyclic) bond motifs is 1. The summed E-state index contributed by atoms with van der Waals surface area (Å²) in [6.45, 7) is 1.83. The van der Waals surface area contributed by atoms with Gasteiger partial charge in [0.2, 0.25) is 5.91 Å². The first kappa shape index (κ1) is 21.5. The van der Waals surface area contributed by atoms with E-state index in [1.54, 1.807) is 34.1 Å². The van der Waals surface area contributed by atoms with Crippen molar-refractivity contribution in [2.24, 2.45) is 0 Å². The van der Waals surface area contributed by atoms with Crippen molar-refractivity contribution < 1.29 is 19.2 Å². The minimum absolute atomic E-state index is 0.0478. The highest BCUT2D eigenvalue weighted by Gasteiger charge is 2.35. The van der Waals surface area contributed by atoms with Crippen LogP contribution in [0.5, 0.6) is 0 Å². The topological polar surface area (TPSA) is 81.2 Å². The number of carbonyl (C=O) groups excluding carboxylic acids is 4. The Morgan fingerprint density at radius 2 is 1.34 bits per heavy atom. The van der Waals surface area contributed by atoms with Gasteiger partial charge in [-0.15, -0.1) is 0 Å². The summed E-state index contributed by atoms with van der Waals surface area (Å²) in [6.07, 6.45) is 0.0748. The summed E-state index contributed by atoms with van der Waals surface area (Å²) < 4.78 is 0. The van der Waals surface area contributed by atoms with Crippen LogP contribution in [0, 0.1) is 0 Å². The number of nitrogens with zero attached hydrogens (tertiary/aromatic N) is 4. The van der Waals surface area contributed by atoms with E-state index in [1.807, 2.05) is 43.3 Å². The third kappa shape index (κ3) is 4.08. The lowest BCUT2D eigenvalue weighted by Gasteiger charge is -2.35. The number of hydrogen-bond acceptors (Lipinski definition) is 5. The lowest BCUT2D eigenvalue weighted by atomic mass is 10.1. The Morgan fingerprint density at radius 3 is 1.88 bits per heavy atom. The van der Waals surface area contributed by atoms with Crippen LogP contribution in [0.1, 0.15) is 37.5 Å². The summed E-state index contributed by atoms with van der Waals surface area (Å²) in [6, 6.07) is 14.1. The number of anilines is 1. The molecule has 2 aromatic rings. The standard InChI is InChI=1S/C24H26N4O4/c1-25(2)18-9-7-17(8-10-18)22(30)27-15-13-26(14-16-27)21(29)11-12-28-23(31)19-5-3-4-6-20(19)24(28)32/h3-10H,11-16H2,1-2H3. The molecular weight excluding hydrogens is 408 g/mol. The zero-order valence-corrected chi connectivity index (χ0v) is 18.3. The van der Waals surface area contributed by atoms with Gasteiger partial charge in [0.1, 0.15) is 0 Å². The SMILES string of the molecule is CN(C)c1ccc(C(=O)N2CCN(C(=O)CCN3C(=O)c4ccccc4C3=O)CC2)cc1. The summed E-state index contributed by atoms with van der Waals surface area (Å²) >= 11 is 0. The van der Waals surface area contributed by atoms with Crippen LogP contribution in [0.4, 0.5) is 5.69 Å². The maximum atomic E-state index is 12.8. The molecule has 2 aliphatic rings. The molecule has 0 aliphatic carbocycles. The lowest BCUT2D eigenvalue weighted by molar-refractivity contribution is -0.132. The third-order valence-electron chi connectivity index (χ3n) is 5.98. The second-order valence-electron chi connectivity index (χ2n) is 8.17. The molecule has 2 aliphatic heterocycles. The first-order valence-corrected chi connectivity index (χ1v) is 10.7. The van der Waals surface area contributed by atoms with E-state index in [0.29, 0.717) is 42.9 Å². The molecule has 1 saturated heterocycles. The predicted octanol–water partition coefficient (Wildman–Crippen LogP) is 1.72. The zero-order chi connectivity index (χ0) is 22.8. The van der Waals surface area contributed by atoms with Crippen LogP contribution in [-0.2, 0) is 4.79 Å². The fourth-order valence-electron chi connectivity index (χ4n) is 4.05. The monoisotopic (exact) mass is 434 g/mol. The Balaban J connectivity index is 1.28. The van der Waals surface area contributed by atoms with Gasteiger partial charge in [-0.25, -0.2) is 0 Å². The van der Waals surface area contributed by atoms with Crippen LogP contribution in [0.3, 0.4) is 0 Å². The minimum Gasteiger partial charge on any atom is -0.378 e. The molecule has 0 radical (unpaired) electrons. The molecule has 0 bridgehead atoms. The number of hydrogen-bond donors (Lipinski definition) is 0. The molecule has 0 N–H and O–H groups in total. The molecular formula is C24H26N4O4. The van der Waals surface area contributed by atoms with Crippen LogP contribution < -0.4 is 4.90 Å². The molecule has 2 heterocycles. The third-order valence-corrected chi connectivity index (χ3v) is 5.98. The summed E-state index contributed by atoms with van der Waals surface area (Å²) in [5, 5.41) is 0. The van der Waals surface area contributed by atoms with E-state index in [0.717, 1.165) is 10.6 Å². The molecule has 4 amide bonds. The highest BCUT2D eigenvalue weighted by atomic mass is 16.2. The van der Waals surface area contributed by atoms with E-state index >= 15 is 0 Å². The molecule has 0 atom stereocenters. The molecule has 0 spiro atoms. The molecule has 0 aromatic heterocycles. The van der Waals surface area contributed by atoms with E-state index in [-0.39, 0.29) is 36.6 Å². The second kappa shape index (κ2) is 8.82. The highest BCUT2D eigenvalue weighted by Crippen LogP contribution is 2.22. The maximum absolute atomic E-state index is 12.8. The van der Waals surface area contributed by atoms with Gasteiger partial charge in [-0.1, -0.05) is 12.1 Å². The largest absolute Gasteiger partial charge is 0.378 e. The lowest BCUT2D eigenvalue weighted by Crippen LogP contribution is -2.51. The number of benzene rings is 2. The molecule has 0 unspecified atom stereocenters. The van der Waals surface area contributed by atoms with Crippen molar-refractivity contribution in [3.8, 4) is 0 Å². The van der Waals surface area contributed by atoms with Crippen molar-refractivity contribution in [3.63, 3.8) is 0 Å². The number of amides is 4. The van der Waals surface area contributed by atoms with Crippen LogP contribution >= 0.6 is 0 Å². The molecule has 8 heteroatoms. The first-order valence-electron chi connectivity index (χ1n) is 10.7. The van der Waals surface area contributed by atoms with Gasteiger partial charge < -0.3 is 14.7 Å². The van der Waals surface area contributed by atoms with Crippen LogP contribution in [0.2, 0.25) is 0 Å². The summed E-state index contributed by atoms with van der Waals surface area (Å²) in [5.74, 6) is -0.874. The Kier molecular flexibility index (Phi) is 5.94. The number of imide groups is 1. The van der Waals surface area contributed by atoms with Gasteiger partial charge in [-0.2, -0.15) is 0 Å². The number of piperazine rings is 1. The molecule has 2 aromatic carbocycles. The van der Waals surface area contributed by atoms with Crippen molar-refractivity contribution in [2.75, 3.05) is 51.7 Å². The molecule has 0 saturated carbocycles. The normalized spacial score (nSPS) is 15.8. The summed E-state index contributed by atoms with van der Waals surface area (Å²) in [5.41, 5.74) is 2.42. The molecule has 32 heavy (non-hydrogen) atoms. The maximum Gasteiger partial charge on any atom is 0.261 e. The summed E-state index contributed by atoms with van der Waals surface area (Å²) in [7, 11) is 3.89. The smallest absolute Gasteiger partial charge is 0.261 e. The molecule has 8 nitrogen and oxygen atoms in total. The zero-order valence-electron chi connectivity index (χ0n) is 18.3. The van der Waals surface area contributed by atoms with E-state index in [4.69, 9.17) is 0 Å². The highest BCUT2D eigenvalue weighted by molar-refractivity contribution is 6.21. The fourth-order valence-corrected chi connectivity index (χ4v) is 4.05. The molecule has 1 fully saturated rings. The van der Waals surface area contributed by atoms with Crippen molar-refractivity contribution >= 4 is 29.3 Å². The molecule has 4 rings (SSSR count). The Labute approximate surface area is 187 Å². The summed E-state index contributed by atoms with van der Waals surface area (Å²) in [4.78, 5) is 56.9. The first-order chi connectivity index (χ1) is 15.4. The van der Waals surface area contributed by atoms with Crippen molar-refractivity contribution in [2.45, 2.75) is 6.42 Å². The van der Waals surface area contributed by atoms with Gasteiger partial charge in [0.05, 0.1) is 11.1 Å². The van der Waals surface area contributed by atoms with E-state index in [9.17, 15) is 19.2 Å². The minimum atomic E-state index is -0.353. The quantitative estimate of drug-likeness (QED) is 0.670. The van der Waals surface area contributed by atoms with Gasteiger partial charge in [0, 0.05) is 64.5 Å². The van der Waals surface area contributed by atoms with Crippen LogP contribution in [0.25, 0.3) is 0 Å². The second-order valence-corrected chi connectivity index (χ2v) is 8.17. The van der Waals surface area contributed by atoms with Gasteiger partial charge >= 0.3 is 0 Å². The van der Waals surface area contributed by atoms with Crippen molar-refractivity contribution in [1.29, 1.82) is 0 Å². The number of carbonyl (C=O) groups is 4. The van der Waals surface area contributed by atoms with Crippen molar-refractivity contribution in [3.05, 3.63) is 65.2 Å². The Hall–Kier alpha value is -3.68. The van der Waals surface area contributed by atoms with Gasteiger partial charge in [0.15, 0.2) is 0 Å². The van der Waals surface area contributed by atoms with E-state index in [1.165, 1.54) is 0 Å². The van der Waals surface area contributed by atoms with Gasteiger partial charge in [-0.05, 0) is 36.4 Å². The van der Waals surface area contributed by atoms with Crippen molar-refractivity contribution in [1.82, 2.24) is 14.7 Å². The van der Waals surface area contributed by atoms with E-state index in [2.05, 4.69) is 0 Å². The van der Waals surface area contributed by atoms with Crippen LogP contribution in [-0.4, -0.2) is 85.1 Å². The van der Waals surface area contributed by atoms with Crippen LogP contribution in [0.15, 0.2) is 48.5 Å². The Bertz CT molecular complexity index is 1020. The average molecular weight is 434 g/mol. The predicted molar refractivity (Wildman–Crippen MR) is 120 cm³/mol. The van der Waals surface area contributed by atoms with Gasteiger partial charge in [0.25, 0.3) is 17.7 Å². The fraction of sp³-hybridized carbons (Fsp3) is 0.333. The average Bonchev–Trinajstić information content (AvgIpc) is 3.07. The Morgan fingerprint density at radius 1 is 0.812 bits per heavy atom. The van der Waals surface area contributed by atoms with E-state index < -0.39 is 0 Å².